The molecule has 2 saturated heterocycles. The largest absolute Gasteiger partial charge is 0.340 e. The first kappa shape index (κ1) is 15.6. The van der Waals surface area contributed by atoms with Crippen LogP contribution >= 0.6 is 11.3 Å². The highest BCUT2D eigenvalue weighted by molar-refractivity contribution is 7.09. The van der Waals surface area contributed by atoms with Crippen LogP contribution in [-0.4, -0.2) is 61.5 Å². The zero-order valence-corrected chi connectivity index (χ0v) is 14.6. The van der Waals surface area contributed by atoms with E-state index >= 15 is 0 Å². The second kappa shape index (κ2) is 6.54. The number of nitrogens with one attached hydrogen (secondary N) is 1. The van der Waals surface area contributed by atoms with Gasteiger partial charge in [-0.1, -0.05) is 6.07 Å². The van der Waals surface area contributed by atoms with Crippen LogP contribution in [0.25, 0.3) is 0 Å². The Morgan fingerprint density at radius 3 is 2.74 bits per heavy atom. The minimum Gasteiger partial charge on any atom is -0.340 e. The van der Waals surface area contributed by atoms with Gasteiger partial charge in [0.05, 0.1) is 0 Å². The Hall–Kier alpha value is -0.910. The van der Waals surface area contributed by atoms with Gasteiger partial charge in [0.25, 0.3) is 0 Å². The van der Waals surface area contributed by atoms with Gasteiger partial charge in [0, 0.05) is 43.5 Å². The average Bonchev–Trinajstić information content (AvgIpc) is 3.04. The Balaban J connectivity index is 1.23. The van der Waals surface area contributed by atoms with E-state index in [1.807, 2.05) is 11.3 Å². The molecular formula is C18H27N3OS. The van der Waals surface area contributed by atoms with Crippen molar-refractivity contribution < 1.29 is 4.79 Å². The molecule has 1 unspecified atom stereocenters. The van der Waals surface area contributed by atoms with Crippen LogP contribution in [0, 0.1) is 11.3 Å². The maximum atomic E-state index is 12.8. The summed E-state index contributed by atoms with van der Waals surface area (Å²) in [6.45, 7) is 7.25. The first-order valence-corrected chi connectivity index (χ1v) is 9.89. The molecule has 0 radical (unpaired) electrons. The summed E-state index contributed by atoms with van der Waals surface area (Å²) in [5.41, 5.74) is 0.374. The topological polar surface area (TPSA) is 35.6 Å². The number of hydrogen-bond acceptors (Lipinski definition) is 4. The average molecular weight is 334 g/mol. The normalized spacial score (nSPS) is 27.3. The standard InChI is InChI=1S/C18H27N3OS/c22-17(16-14-18(16)4-6-19-7-5-18)21-11-9-20(10-12-21)8-3-15-2-1-13-23-15/h1-2,13,16,19H,3-12,14H2. The summed E-state index contributed by atoms with van der Waals surface area (Å²) in [5, 5.41) is 5.57. The Labute approximate surface area is 142 Å². The molecule has 126 valence electrons. The lowest BCUT2D eigenvalue weighted by Crippen LogP contribution is -2.50. The van der Waals surface area contributed by atoms with Crippen molar-refractivity contribution in [3.63, 3.8) is 0 Å². The van der Waals surface area contributed by atoms with Crippen molar-refractivity contribution in [3.8, 4) is 0 Å². The minimum atomic E-state index is 0.335. The van der Waals surface area contributed by atoms with E-state index in [0.29, 0.717) is 17.2 Å². The van der Waals surface area contributed by atoms with Gasteiger partial charge < -0.3 is 10.2 Å². The van der Waals surface area contributed by atoms with Crippen molar-refractivity contribution in [1.29, 1.82) is 0 Å². The van der Waals surface area contributed by atoms with Crippen LogP contribution in [-0.2, 0) is 11.2 Å². The molecule has 23 heavy (non-hydrogen) atoms. The van der Waals surface area contributed by atoms with E-state index < -0.39 is 0 Å². The summed E-state index contributed by atoms with van der Waals surface area (Å²) in [6.07, 6.45) is 4.69. The molecule has 1 aromatic rings. The molecule has 4 rings (SSSR count). The number of hydrogen-bond donors (Lipinski definition) is 1. The van der Waals surface area contributed by atoms with Crippen LogP contribution in [0.4, 0.5) is 0 Å². The summed E-state index contributed by atoms with van der Waals surface area (Å²) in [4.78, 5) is 18.9. The van der Waals surface area contributed by atoms with Crippen molar-refractivity contribution >= 4 is 17.2 Å². The van der Waals surface area contributed by atoms with Gasteiger partial charge in [-0.3, -0.25) is 9.69 Å². The summed E-state index contributed by atoms with van der Waals surface area (Å²) in [6, 6.07) is 4.35. The number of rotatable bonds is 4. The maximum Gasteiger partial charge on any atom is 0.226 e. The number of carbonyl (C=O) groups excluding carboxylic acids is 1. The van der Waals surface area contributed by atoms with E-state index in [-0.39, 0.29) is 0 Å². The quantitative estimate of drug-likeness (QED) is 0.913. The fourth-order valence-electron chi connectivity index (χ4n) is 4.31. The Morgan fingerprint density at radius 1 is 1.26 bits per heavy atom. The highest BCUT2D eigenvalue weighted by Crippen LogP contribution is 2.59. The third-order valence-corrected chi connectivity index (χ3v) is 6.96. The lowest BCUT2D eigenvalue weighted by molar-refractivity contribution is -0.135. The molecular weight excluding hydrogens is 306 g/mol. The number of amides is 1. The van der Waals surface area contributed by atoms with E-state index in [1.165, 1.54) is 17.7 Å². The smallest absolute Gasteiger partial charge is 0.226 e. The van der Waals surface area contributed by atoms with Gasteiger partial charge in [0.1, 0.15) is 0 Å². The maximum absolute atomic E-state index is 12.8. The lowest BCUT2D eigenvalue weighted by Gasteiger charge is -2.35. The van der Waals surface area contributed by atoms with Crippen molar-refractivity contribution in [2.75, 3.05) is 45.8 Å². The Morgan fingerprint density at radius 2 is 2.04 bits per heavy atom. The lowest BCUT2D eigenvalue weighted by atomic mass is 9.91. The SMILES string of the molecule is O=C(C1CC12CCNCC2)N1CCN(CCc2cccs2)CC1. The summed E-state index contributed by atoms with van der Waals surface area (Å²) >= 11 is 1.85. The molecule has 1 amide bonds. The van der Waals surface area contributed by atoms with Crippen LogP contribution < -0.4 is 5.32 Å². The van der Waals surface area contributed by atoms with E-state index in [0.717, 1.165) is 58.7 Å². The van der Waals surface area contributed by atoms with Crippen molar-refractivity contribution in [1.82, 2.24) is 15.1 Å². The summed E-state index contributed by atoms with van der Waals surface area (Å²) in [7, 11) is 0. The van der Waals surface area contributed by atoms with Crippen molar-refractivity contribution in [2.24, 2.45) is 11.3 Å². The number of nitrogens with zero attached hydrogens (tertiary/aromatic N) is 2. The first-order chi connectivity index (χ1) is 11.3. The molecule has 3 fully saturated rings. The minimum absolute atomic E-state index is 0.335. The molecule has 1 spiro atoms. The predicted octanol–water partition coefficient (Wildman–Crippen LogP) is 1.82. The number of piperazine rings is 1. The van der Waals surface area contributed by atoms with Gasteiger partial charge in [0.15, 0.2) is 0 Å². The van der Waals surface area contributed by atoms with Crippen LogP contribution in [0.15, 0.2) is 17.5 Å². The van der Waals surface area contributed by atoms with E-state index in [4.69, 9.17) is 0 Å². The molecule has 3 heterocycles. The van der Waals surface area contributed by atoms with Crippen LogP contribution in [0.1, 0.15) is 24.1 Å². The molecule has 1 N–H and O–H groups in total. The second-order valence-electron chi connectivity index (χ2n) is 7.37. The highest BCUT2D eigenvalue weighted by atomic mass is 32.1. The fraction of sp³-hybridized carbons (Fsp3) is 0.722. The van der Waals surface area contributed by atoms with Gasteiger partial charge in [-0.05, 0) is 55.6 Å². The van der Waals surface area contributed by atoms with Gasteiger partial charge in [0.2, 0.25) is 5.91 Å². The third kappa shape index (κ3) is 3.32. The molecule has 1 saturated carbocycles. The molecule has 3 aliphatic rings. The molecule has 2 aliphatic heterocycles. The Bertz CT molecular complexity index is 530. The van der Waals surface area contributed by atoms with Gasteiger partial charge in [-0.2, -0.15) is 0 Å². The molecule has 1 aromatic heterocycles. The fourth-order valence-corrected chi connectivity index (χ4v) is 5.01. The number of carbonyl (C=O) groups is 1. The van der Waals surface area contributed by atoms with Gasteiger partial charge in [-0.15, -0.1) is 11.3 Å². The second-order valence-corrected chi connectivity index (χ2v) is 8.40. The molecule has 5 heteroatoms. The Kier molecular flexibility index (Phi) is 4.43. The van der Waals surface area contributed by atoms with E-state index in [9.17, 15) is 4.79 Å². The molecule has 0 aromatic carbocycles. The number of piperidine rings is 1. The highest BCUT2D eigenvalue weighted by Gasteiger charge is 2.58. The summed E-state index contributed by atoms with van der Waals surface area (Å²) < 4.78 is 0. The first-order valence-electron chi connectivity index (χ1n) is 9.01. The third-order valence-electron chi connectivity index (χ3n) is 6.03. The monoisotopic (exact) mass is 333 g/mol. The van der Waals surface area contributed by atoms with Crippen LogP contribution in [0.5, 0.6) is 0 Å². The predicted molar refractivity (Wildman–Crippen MR) is 93.7 cm³/mol. The van der Waals surface area contributed by atoms with Gasteiger partial charge in [-0.25, -0.2) is 0 Å². The van der Waals surface area contributed by atoms with E-state index in [2.05, 4.69) is 32.6 Å². The van der Waals surface area contributed by atoms with Crippen LogP contribution in [0.3, 0.4) is 0 Å². The zero-order valence-electron chi connectivity index (χ0n) is 13.8. The molecule has 1 atom stereocenters. The number of thiophene rings is 1. The van der Waals surface area contributed by atoms with Crippen molar-refractivity contribution in [3.05, 3.63) is 22.4 Å². The summed E-state index contributed by atoms with van der Waals surface area (Å²) in [5.74, 6) is 0.784. The van der Waals surface area contributed by atoms with Crippen LogP contribution in [0.2, 0.25) is 0 Å². The van der Waals surface area contributed by atoms with E-state index in [1.54, 1.807) is 0 Å². The molecule has 0 bridgehead atoms. The van der Waals surface area contributed by atoms with Gasteiger partial charge >= 0.3 is 0 Å². The molecule has 4 nitrogen and oxygen atoms in total. The van der Waals surface area contributed by atoms with Crippen molar-refractivity contribution in [2.45, 2.75) is 25.7 Å². The molecule has 1 aliphatic carbocycles. The zero-order chi connectivity index (χ0) is 15.7.